The van der Waals surface area contributed by atoms with E-state index in [9.17, 15) is 4.79 Å². The van der Waals surface area contributed by atoms with Gasteiger partial charge in [-0.05, 0) is 49.2 Å². The van der Waals surface area contributed by atoms with Crippen LogP contribution in [0.2, 0.25) is 0 Å². The third-order valence-corrected chi connectivity index (χ3v) is 3.03. The lowest BCUT2D eigenvalue weighted by Crippen LogP contribution is -2.04. The van der Waals surface area contributed by atoms with E-state index < -0.39 is 0 Å². The Kier molecular flexibility index (Phi) is 4.88. The molecule has 1 aromatic heterocycles. The average molecular weight is 269 g/mol. The molecule has 0 amide bonds. The topological polar surface area (TPSA) is 39.2 Å². The number of carbonyl (C=O) groups excluding carboxylic acids is 1. The molecule has 3 nitrogen and oxygen atoms in total. The van der Waals surface area contributed by atoms with Crippen molar-refractivity contribution in [2.75, 3.05) is 6.61 Å². The average Bonchev–Trinajstić information content (AvgIpc) is 2.48. The summed E-state index contributed by atoms with van der Waals surface area (Å²) < 4.78 is 5.58. The van der Waals surface area contributed by atoms with Crippen LogP contribution >= 0.6 is 0 Å². The van der Waals surface area contributed by atoms with Crippen LogP contribution in [0.5, 0.6) is 5.75 Å². The van der Waals surface area contributed by atoms with Gasteiger partial charge in [0.25, 0.3) is 0 Å². The lowest BCUT2D eigenvalue weighted by molar-refractivity contribution is 0.103. The molecule has 0 spiro atoms. The van der Waals surface area contributed by atoms with Crippen molar-refractivity contribution in [2.45, 2.75) is 26.7 Å². The molecule has 0 aliphatic carbocycles. The molecule has 0 fully saturated rings. The number of hydrogen-bond donors (Lipinski definition) is 0. The van der Waals surface area contributed by atoms with Gasteiger partial charge in [0, 0.05) is 11.8 Å². The van der Waals surface area contributed by atoms with E-state index in [0.29, 0.717) is 17.9 Å². The minimum Gasteiger partial charge on any atom is -0.494 e. The van der Waals surface area contributed by atoms with Gasteiger partial charge < -0.3 is 4.74 Å². The Morgan fingerprint density at radius 3 is 2.50 bits per heavy atom. The molecule has 0 radical (unpaired) electrons. The van der Waals surface area contributed by atoms with E-state index in [1.54, 1.807) is 24.4 Å². The van der Waals surface area contributed by atoms with Crippen LogP contribution < -0.4 is 4.74 Å². The number of unbranched alkanes of at least 4 members (excludes halogenated alkanes) is 1. The third-order valence-electron chi connectivity index (χ3n) is 3.03. The highest BCUT2D eigenvalue weighted by Gasteiger charge is 2.10. The van der Waals surface area contributed by atoms with Crippen LogP contribution in [0, 0.1) is 6.92 Å². The van der Waals surface area contributed by atoms with Gasteiger partial charge in [-0.3, -0.25) is 9.78 Å². The first kappa shape index (κ1) is 14.3. The number of aryl methyl sites for hydroxylation is 1. The van der Waals surface area contributed by atoms with Crippen molar-refractivity contribution in [2.24, 2.45) is 0 Å². The molecular weight excluding hydrogens is 250 g/mol. The predicted octanol–water partition coefficient (Wildman–Crippen LogP) is 3.80. The Bertz CT molecular complexity index is 559. The fraction of sp³-hybridized carbons (Fsp3) is 0.294. The summed E-state index contributed by atoms with van der Waals surface area (Å²) in [5, 5.41) is 0. The Morgan fingerprint density at radius 1 is 1.15 bits per heavy atom. The fourth-order valence-electron chi connectivity index (χ4n) is 1.79. The third kappa shape index (κ3) is 3.67. The summed E-state index contributed by atoms with van der Waals surface area (Å²) in [6.07, 6.45) is 3.85. The number of ketones is 1. The fourth-order valence-corrected chi connectivity index (χ4v) is 1.79. The first-order chi connectivity index (χ1) is 9.70. The maximum atomic E-state index is 12.2. The van der Waals surface area contributed by atoms with Gasteiger partial charge in [0.2, 0.25) is 5.78 Å². The highest BCUT2D eigenvalue weighted by molar-refractivity contribution is 6.07. The molecule has 104 valence electrons. The molecule has 1 aromatic carbocycles. The molecule has 0 bridgehead atoms. The van der Waals surface area contributed by atoms with Crippen molar-refractivity contribution >= 4 is 5.78 Å². The predicted molar refractivity (Wildman–Crippen MR) is 79.3 cm³/mol. The summed E-state index contributed by atoms with van der Waals surface area (Å²) in [5.41, 5.74) is 2.14. The number of hydrogen-bond acceptors (Lipinski definition) is 3. The smallest absolute Gasteiger partial charge is 0.211 e. The Balaban J connectivity index is 2.05. The molecule has 1 heterocycles. The van der Waals surface area contributed by atoms with E-state index in [2.05, 4.69) is 11.9 Å². The quantitative estimate of drug-likeness (QED) is 0.591. The highest BCUT2D eigenvalue weighted by atomic mass is 16.5. The summed E-state index contributed by atoms with van der Waals surface area (Å²) in [6.45, 7) is 4.78. The van der Waals surface area contributed by atoms with Crippen LogP contribution in [0.3, 0.4) is 0 Å². The molecule has 0 atom stereocenters. The second-order valence-electron chi connectivity index (χ2n) is 4.78. The van der Waals surface area contributed by atoms with Crippen molar-refractivity contribution in [3.8, 4) is 5.75 Å². The SMILES string of the molecule is CCCCOc1ccc(C(=O)c2ccc(C)cn2)cc1. The van der Waals surface area contributed by atoms with Crippen LogP contribution in [0.1, 0.15) is 41.4 Å². The van der Waals surface area contributed by atoms with Crippen LogP contribution in [0.25, 0.3) is 0 Å². The van der Waals surface area contributed by atoms with E-state index in [0.717, 1.165) is 24.2 Å². The molecule has 0 saturated heterocycles. The van der Waals surface area contributed by atoms with E-state index in [1.165, 1.54) is 0 Å². The number of carbonyl (C=O) groups is 1. The van der Waals surface area contributed by atoms with Gasteiger partial charge in [0.1, 0.15) is 11.4 Å². The van der Waals surface area contributed by atoms with Gasteiger partial charge in [0.15, 0.2) is 0 Å². The second kappa shape index (κ2) is 6.85. The molecule has 2 aromatic rings. The van der Waals surface area contributed by atoms with Crippen LogP contribution in [0.15, 0.2) is 42.6 Å². The molecule has 0 unspecified atom stereocenters. The number of aromatic nitrogens is 1. The lowest BCUT2D eigenvalue weighted by Gasteiger charge is -2.06. The number of ether oxygens (including phenoxy) is 1. The largest absolute Gasteiger partial charge is 0.494 e. The van der Waals surface area contributed by atoms with E-state index >= 15 is 0 Å². The molecule has 0 saturated carbocycles. The van der Waals surface area contributed by atoms with E-state index in [-0.39, 0.29) is 5.78 Å². The van der Waals surface area contributed by atoms with Crippen molar-refractivity contribution in [1.82, 2.24) is 4.98 Å². The van der Waals surface area contributed by atoms with Gasteiger partial charge in [-0.25, -0.2) is 0 Å². The summed E-state index contributed by atoms with van der Waals surface area (Å²) >= 11 is 0. The minimum absolute atomic E-state index is 0.0647. The first-order valence-electron chi connectivity index (χ1n) is 6.91. The molecule has 2 rings (SSSR count). The molecular formula is C17H19NO2. The van der Waals surface area contributed by atoms with Gasteiger partial charge in [-0.1, -0.05) is 19.4 Å². The highest BCUT2D eigenvalue weighted by Crippen LogP contribution is 2.15. The molecule has 0 aliphatic rings. The Labute approximate surface area is 119 Å². The molecule has 0 N–H and O–H groups in total. The normalized spacial score (nSPS) is 10.3. The zero-order valence-corrected chi connectivity index (χ0v) is 11.9. The number of pyridine rings is 1. The van der Waals surface area contributed by atoms with E-state index in [1.807, 2.05) is 25.1 Å². The maximum Gasteiger partial charge on any atom is 0.211 e. The van der Waals surface area contributed by atoms with Gasteiger partial charge in [-0.15, -0.1) is 0 Å². The molecule has 3 heteroatoms. The van der Waals surface area contributed by atoms with Crippen molar-refractivity contribution in [3.05, 3.63) is 59.4 Å². The van der Waals surface area contributed by atoms with Crippen molar-refractivity contribution in [1.29, 1.82) is 0 Å². The van der Waals surface area contributed by atoms with Crippen molar-refractivity contribution < 1.29 is 9.53 Å². The summed E-state index contributed by atoms with van der Waals surface area (Å²) in [5.74, 6) is 0.733. The molecule has 0 aliphatic heterocycles. The lowest BCUT2D eigenvalue weighted by atomic mass is 10.1. The number of nitrogens with zero attached hydrogens (tertiary/aromatic N) is 1. The van der Waals surface area contributed by atoms with Crippen LogP contribution in [-0.2, 0) is 0 Å². The van der Waals surface area contributed by atoms with Gasteiger partial charge in [0.05, 0.1) is 6.61 Å². The second-order valence-corrected chi connectivity index (χ2v) is 4.78. The Hall–Kier alpha value is -2.16. The number of rotatable bonds is 6. The van der Waals surface area contributed by atoms with Crippen LogP contribution in [0.4, 0.5) is 0 Å². The summed E-state index contributed by atoms with van der Waals surface area (Å²) in [4.78, 5) is 16.4. The number of benzene rings is 1. The van der Waals surface area contributed by atoms with Crippen molar-refractivity contribution in [3.63, 3.8) is 0 Å². The Morgan fingerprint density at radius 2 is 1.90 bits per heavy atom. The standard InChI is InChI=1S/C17H19NO2/c1-3-4-11-20-15-8-6-14(7-9-15)17(19)16-10-5-13(2)12-18-16/h5-10,12H,3-4,11H2,1-2H3. The summed E-state index contributed by atoms with van der Waals surface area (Å²) in [7, 11) is 0. The zero-order valence-electron chi connectivity index (χ0n) is 11.9. The maximum absolute atomic E-state index is 12.2. The first-order valence-corrected chi connectivity index (χ1v) is 6.91. The summed E-state index contributed by atoms with van der Waals surface area (Å²) in [6, 6.07) is 10.9. The zero-order chi connectivity index (χ0) is 14.4. The van der Waals surface area contributed by atoms with Gasteiger partial charge >= 0.3 is 0 Å². The monoisotopic (exact) mass is 269 g/mol. The molecule has 20 heavy (non-hydrogen) atoms. The minimum atomic E-state index is -0.0647. The van der Waals surface area contributed by atoms with Crippen LogP contribution in [-0.4, -0.2) is 17.4 Å². The van der Waals surface area contributed by atoms with Gasteiger partial charge in [-0.2, -0.15) is 0 Å². The van der Waals surface area contributed by atoms with E-state index in [4.69, 9.17) is 4.74 Å².